The zero-order valence-electron chi connectivity index (χ0n) is 16.2. The Hall–Kier alpha value is -3.22. The molecule has 2 heterocycles. The molecule has 0 radical (unpaired) electrons. The van der Waals surface area contributed by atoms with Crippen LogP contribution in [-0.4, -0.2) is 26.9 Å². The molecule has 0 unspecified atom stereocenters. The topological polar surface area (TPSA) is 72.2 Å². The minimum atomic E-state index is -0.340. The first-order valence-corrected chi connectivity index (χ1v) is 9.87. The van der Waals surface area contributed by atoms with Gasteiger partial charge in [0.2, 0.25) is 0 Å². The number of hydrogen-bond donors (Lipinski definition) is 1. The number of pyridine rings is 1. The van der Waals surface area contributed by atoms with Crippen LogP contribution in [0, 0.1) is 6.92 Å². The molecule has 2 aromatic carbocycles. The summed E-state index contributed by atoms with van der Waals surface area (Å²) in [4.78, 5) is 17.6. The first-order chi connectivity index (χ1) is 14.4. The van der Waals surface area contributed by atoms with Crippen LogP contribution < -0.4 is 5.43 Å². The zero-order valence-corrected chi connectivity index (χ0v) is 17.7. The normalized spacial score (nSPS) is 11.3. The Balaban J connectivity index is 1.70. The summed E-state index contributed by atoms with van der Waals surface area (Å²) in [7, 11) is 1.83. The van der Waals surface area contributed by atoms with E-state index < -0.39 is 0 Å². The largest absolute Gasteiger partial charge is 0.275 e. The fourth-order valence-corrected chi connectivity index (χ4v) is 3.43. The summed E-state index contributed by atoms with van der Waals surface area (Å²) >= 11 is 12.2. The average molecular weight is 438 g/mol. The number of nitrogens with zero attached hydrogens (tertiary/aromatic N) is 4. The zero-order chi connectivity index (χ0) is 21.3. The van der Waals surface area contributed by atoms with Crippen molar-refractivity contribution in [2.75, 3.05) is 0 Å². The maximum atomic E-state index is 12.9. The van der Waals surface area contributed by atoms with E-state index in [4.69, 9.17) is 23.2 Å². The number of carbonyl (C=O) groups is 1. The molecule has 0 spiro atoms. The van der Waals surface area contributed by atoms with Gasteiger partial charge in [0.1, 0.15) is 0 Å². The fourth-order valence-electron chi connectivity index (χ4n) is 3.13. The SMILES string of the molecule is Cc1nn(C)cc1/C=N/NC(=O)c1cc(-c2ccc(Cl)c(Cl)c2)nc2ccccc12. The third-order valence-electron chi connectivity index (χ3n) is 4.60. The Kier molecular flexibility index (Phi) is 5.53. The summed E-state index contributed by atoms with van der Waals surface area (Å²) in [6.45, 7) is 1.88. The molecule has 0 aliphatic heterocycles. The number of halogens is 2. The lowest BCUT2D eigenvalue weighted by atomic mass is 10.0. The van der Waals surface area contributed by atoms with Crippen molar-refractivity contribution >= 4 is 46.2 Å². The third kappa shape index (κ3) is 4.06. The van der Waals surface area contributed by atoms with E-state index in [2.05, 4.69) is 20.6 Å². The number of carbonyl (C=O) groups excluding carboxylic acids is 1. The molecule has 4 aromatic rings. The van der Waals surface area contributed by atoms with Crippen molar-refractivity contribution in [3.05, 3.63) is 81.6 Å². The Morgan fingerprint density at radius 1 is 1.13 bits per heavy atom. The van der Waals surface area contributed by atoms with E-state index in [0.29, 0.717) is 26.8 Å². The van der Waals surface area contributed by atoms with Crippen LogP contribution in [0.1, 0.15) is 21.6 Å². The van der Waals surface area contributed by atoms with Gasteiger partial charge in [-0.15, -0.1) is 0 Å². The van der Waals surface area contributed by atoms with Gasteiger partial charge in [0, 0.05) is 29.8 Å². The molecular weight excluding hydrogens is 421 g/mol. The molecule has 0 aliphatic carbocycles. The molecule has 150 valence electrons. The van der Waals surface area contributed by atoms with E-state index in [0.717, 1.165) is 22.2 Å². The van der Waals surface area contributed by atoms with Gasteiger partial charge in [0.25, 0.3) is 5.91 Å². The summed E-state index contributed by atoms with van der Waals surface area (Å²) < 4.78 is 1.69. The minimum Gasteiger partial charge on any atom is -0.275 e. The maximum Gasteiger partial charge on any atom is 0.272 e. The number of fused-ring (bicyclic) bond motifs is 1. The number of para-hydroxylation sites is 1. The van der Waals surface area contributed by atoms with Crippen LogP contribution in [-0.2, 0) is 7.05 Å². The smallest absolute Gasteiger partial charge is 0.272 e. The molecule has 1 N–H and O–H groups in total. The summed E-state index contributed by atoms with van der Waals surface area (Å²) in [5, 5.41) is 9.95. The van der Waals surface area contributed by atoms with Crippen LogP contribution in [0.25, 0.3) is 22.2 Å². The standard InChI is InChI=1S/C22H17Cl2N5O/c1-13-15(12-29(2)28-13)11-25-27-22(30)17-10-21(14-7-8-18(23)19(24)9-14)26-20-6-4-3-5-16(17)20/h3-12H,1-2H3,(H,27,30)/b25-11+. The van der Waals surface area contributed by atoms with E-state index >= 15 is 0 Å². The second kappa shape index (κ2) is 8.26. The van der Waals surface area contributed by atoms with Crippen LogP contribution in [0.3, 0.4) is 0 Å². The third-order valence-corrected chi connectivity index (χ3v) is 5.34. The molecule has 6 nitrogen and oxygen atoms in total. The molecule has 30 heavy (non-hydrogen) atoms. The minimum absolute atomic E-state index is 0.340. The van der Waals surface area contributed by atoms with Gasteiger partial charge in [-0.2, -0.15) is 10.2 Å². The number of amides is 1. The number of aryl methyl sites for hydroxylation is 2. The van der Waals surface area contributed by atoms with Crippen LogP contribution in [0.15, 0.2) is 59.8 Å². The highest BCUT2D eigenvalue weighted by molar-refractivity contribution is 6.42. The predicted octanol–water partition coefficient (Wildman–Crippen LogP) is 5.01. The molecule has 0 atom stereocenters. The van der Waals surface area contributed by atoms with Gasteiger partial charge in [0.05, 0.1) is 38.7 Å². The van der Waals surface area contributed by atoms with Crippen LogP contribution in [0.4, 0.5) is 0 Å². The lowest BCUT2D eigenvalue weighted by Gasteiger charge is -2.09. The molecule has 2 aromatic heterocycles. The molecule has 0 fully saturated rings. The van der Waals surface area contributed by atoms with Crippen LogP contribution in [0.2, 0.25) is 10.0 Å². The molecule has 0 saturated heterocycles. The lowest BCUT2D eigenvalue weighted by Crippen LogP contribution is -2.18. The van der Waals surface area contributed by atoms with E-state index in [1.807, 2.05) is 50.5 Å². The van der Waals surface area contributed by atoms with Crippen molar-refractivity contribution in [1.29, 1.82) is 0 Å². The highest BCUT2D eigenvalue weighted by atomic mass is 35.5. The first kappa shape index (κ1) is 20.1. The van der Waals surface area contributed by atoms with Crippen molar-refractivity contribution in [2.45, 2.75) is 6.92 Å². The Morgan fingerprint density at radius 3 is 2.67 bits per heavy atom. The Bertz CT molecular complexity index is 1300. The molecule has 1 amide bonds. The van der Waals surface area contributed by atoms with E-state index in [9.17, 15) is 4.79 Å². The van der Waals surface area contributed by atoms with Gasteiger partial charge in [-0.3, -0.25) is 9.48 Å². The summed E-state index contributed by atoms with van der Waals surface area (Å²) in [6, 6.07) is 14.4. The number of hydrazone groups is 1. The van der Waals surface area contributed by atoms with Gasteiger partial charge < -0.3 is 0 Å². The molecule has 0 bridgehead atoms. The van der Waals surface area contributed by atoms with Gasteiger partial charge in [-0.05, 0) is 31.2 Å². The molecule has 4 rings (SSSR count). The van der Waals surface area contributed by atoms with E-state index in [1.54, 1.807) is 29.1 Å². The average Bonchev–Trinajstić information content (AvgIpc) is 3.06. The quantitative estimate of drug-likeness (QED) is 0.360. The lowest BCUT2D eigenvalue weighted by molar-refractivity contribution is 0.0956. The summed E-state index contributed by atoms with van der Waals surface area (Å²) in [5.41, 5.74) is 6.78. The van der Waals surface area contributed by atoms with Gasteiger partial charge in [0.15, 0.2) is 0 Å². The summed E-state index contributed by atoms with van der Waals surface area (Å²) in [6.07, 6.45) is 3.40. The van der Waals surface area contributed by atoms with Gasteiger partial charge >= 0.3 is 0 Å². The van der Waals surface area contributed by atoms with Crippen molar-refractivity contribution in [3.8, 4) is 11.3 Å². The number of hydrogen-bond acceptors (Lipinski definition) is 4. The second-order valence-electron chi connectivity index (χ2n) is 6.74. The Morgan fingerprint density at radius 2 is 1.93 bits per heavy atom. The Labute approximate surface area is 183 Å². The highest BCUT2D eigenvalue weighted by Gasteiger charge is 2.14. The number of nitrogens with one attached hydrogen (secondary N) is 1. The van der Waals surface area contributed by atoms with E-state index in [-0.39, 0.29) is 5.91 Å². The van der Waals surface area contributed by atoms with Crippen LogP contribution >= 0.6 is 23.2 Å². The first-order valence-electron chi connectivity index (χ1n) is 9.11. The van der Waals surface area contributed by atoms with Crippen molar-refractivity contribution in [3.63, 3.8) is 0 Å². The molecule has 8 heteroatoms. The molecule has 0 aliphatic rings. The summed E-state index contributed by atoms with van der Waals surface area (Å²) in [5.74, 6) is -0.340. The monoisotopic (exact) mass is 437 g/mol. The van der Waals surface area contributed by atoms with Gasteiger partial charge in [-0.25, -0.2) is 10.4 Å². The van der Waals surface area contributed by atoms with Gasteiger partial charge in [-0.1, -0.05) is 47.5 Å². The van der Waals surface area contributed by atoms with Crippen LogP contribution in [0.5, 0.6) is 0 Å². The maximum absolute atomic E-state index is 12.9. The molecule has 0 saturated carbocycles. The molecular formula is C22H17Cl2N5O. The van der Waals surface area contributed by atoms with Crippen molar-refractivity contribution in [1.82, 2.24) is 20.2 Å². The highest BCUT2D eigenvalue weighted by Crippen LogP contribution is 2.30. The van der Waals surface area contributed by atoms with Crippen molar-refractivity contribution < 1.29 is 4.79 Å². The second-order valence-corrected chi connectivity index (χ2v) is 7.56. The number of aromatic nitrogens is 3. The number of rotatable bonds is 4. The fraction of sp³-hybridized carbons (Fsp3) is 0.0909. The number of benzene rings is 2. The van der Waals surface area contributed by atoms with E-state index in [1.165, 1.54) is 0 Å². The predicted molar refractivity (Wildman–Crippen MR) is 120 cm³/mol. The van der Waals surface area contributed by atoms with Crippen molar-refractivity contribution in [2.24, 2.45) is 12.1 Å².